The predicted octanol–water partition coefficient (Wildman–Crippen LogP) is 6.55. The number of carbonyl (C=O) groups excluding carboxylic acids is 4. The highest BCUT2D eigenvalue weighted by Crippen LogP contribution is 2.61. The first-order valence-electron chi connectivity index (χ1n) is 14.0. The first-order valence-corrected chi connectivity index (χ1v) is 14.4. The van der Waals surface area contributed by atoms with E-state index in [1.807, 2.05) is 48.5 Å². The average Bonchev–Trinajstić information content (AvgIpc) is 3.30. The summed E-state index contributed by atoms with van der Waals surface area (Å²) in [5.74, 6) is -4.80. The number of benzene rings is 4. The maximum Gasteiger partial charge on any atom is 0.416 e. The van der Waals surface area contributed by atoms with Crippen LogP contribution in [0.3, 0.4) is 0 Å². The Kier molecular flexibility index (Phi) is 6.77. The molecule has 1 heterocycles. The van der Waals surface area contributed by atoms with Gasteiger partial charge in [0.1, 0.15) is 0 Å². The van der Waals surface area contributed by atoms with Crippen molar-refractivity contribution in [2.45, 2.75) is 18.0 Å². The molecule has 0 aromatic heterocycles. The SMILES string of the molecule is O=C(COC(=O)c1ccccc1N1C(=O)[C@@H]2C3c4ccccc4C(c4ccccc43)[C@@H]2C1=O)Nc1cc(C(F)(F)F)ccc1Cl. The third-order valence-corrected chi connectivity index (χ3v) is 9.05. The molecule has 4 aromatic carbocycles. The van der Waals surface area contributed by atoms with Crippen molar-refractivity contribution >= 4 is 46.7 Å². The van der Waals surface area contributed by atoms with E-state index in [-0.39, 0.29) is 33.8 Å². The molecule has 4 aliphatic rings. The molecule has 3 amide bonds. The van der Waals surface area contributed by atoms with Crippen molar-refractivity contribution in [3.63, 3.8) is 0 Å². The first kappa shape index (κ1) is 28.8. The van der Waals surface area contributed by atoms with Crippen LogP contribution >= 0.6 is 11.6 Å². The minimum absolute atomic E-state index is 0.0285. The van der Waals surface area contributed by atoms with Crippen molar-refractivity contribution in [2.75, 3.05) is 16.8 Å². The zero-order chi connectivity index (χ0) is 31.6. The van der Waals surface area contributed by atoms with Crippen molar-refractivity contribution in [2.24, 2.45) is 11.8 Å². The van der Waals surface area contributed by atoms with Crippen LogP contribution in [-0.2, 0) is 25.3 Å². The molecule has 45 heavy (non-hydrogen) atoms. The van der Waals surface area contributed by atoms with Crippen molar-refractivity contribution in [1.29, 1.82) is 0 Å². The van der Waals surface area contributed by atoms with Crippen LogP contribution in [0.4, 0.5) is 24.5 Å². The number of ether oxygens (including phenoxy) is 1. The van der Waals surface area contributed by atoms with Gasteiger partial charge in [0.2, 0.25) is 11.8 Å². The van der Waals surface area contributed by atoms with E-state index in [1.165, 1.54) is 18.2 Å². The van der Waals surface area contributed by atoms with E-state index in [0.717, 1.165) is 39.3 Å². The number of imide groups is 1. The second-order valence-corrected chi connectivity index (χ2v) is 11.5. The molecule has 226 valence electrons. The molecule has 7 nitrogen and oxygen atoms in total. The molecule has 2 atom stereocenters. The van der Waals surface area contributed by atoms with Gasteiger partial charge in [-0.25, -0.2) is 9.69 Å². The highest BCUT2D eigenvalue weighted by Gasteiger charge is 2.62. The van der Waals surface area contributed by atoms with Gasteiger partial charge in [-0.2, -0.15) is 13.2 Å². The number of esters is 1. The number of carbonyl (C=O) groups is 4. The Labute approximate surface area is 259 Å². The van der Waals surface area contributed by atoms with Gasteiger partial charge in [-0.3, -0.25) is 14.4 Å². The van der Waals surface area contributed by atoms with E-state index in [1.54, 1.807) is 6.07 Å². The fourth-order valence-corrected chi connectivity index (χ4v) is 7.11. The summed E-state index contributed by atoms with van der Waals surface area (Å²) in [7, 11) is 0. The topological polar surface area (TPSA) is 92.8 Å². The normalized spacial score (nSPS) is 21.2. The summed E-state index contributed by atoms with van der Waals surface area (Å²) in [6.07, 6.45) is -4.66. The molecule has 11 heteroatoms. The second-order valence-electron chi connectivity index (χ2n) is 11.1. The smallest absolute Gasteiger partial charge is 0.416 e. The van der Waals surface area contributed by atoms with E-state index in [4.69, 9.17) is 16.3 Å². The molecule has 4 aromatic rings. The van der Waals surface area contributed by atoms with Crippen molar-refractivity contribution < 1.29 is 37.1 Å². The fourth-order valence-electron chi connectivity index (χ4n) is 6.95. The van der Waals surface area contributed by atoms with Crippen LogP contribution in [0.5, 0.6) is 0 Å². The molecule has 1 saturated heterocycles. The van der Waals surface area contributed by atoms with Gasteiger partial charge in [-0.1, -0.05) is 72.3 Å². The van der Waals surface area contributed by atoms with E-state index in [2.05, 4.69) is 5.32 Å². The summed E-state index contributed by atoms with van der Waals surface area (Å²) >= 11 is 5.95. The van der Waals surface area contributed by atoms with Gasteiger partial charge in [0.05, 0.1) is 39.4 Å². The van der Waals surface area contributed by atoms with Gasteiger partial charge in [0.15, 0.2) is 6.61 Å². The third kappa shape index (κ3) is 4.59. The number of alkyl halides is 3. The molecule has 0 unspecified atom stereocenters. The molecule has 0 spiro atoms. The van der Waals surface area contributed by atoms with E-state index >= 15 is 0 Å². The fraction of sp³-hybridized carbons (Fsp3) is 0.176. The highest BCUT2D eigenvalue weighted by molar-refractivity contribution is 6.33. The standard InChI is InChI=1S/C34H22ClF3N2O5/c35-23-14-13-17(34(36,37)38)15-24(23)39-26(41)16-45-33(44)22-11-5-6-12-25(22)40-31(42)29-27-18-7-1-2-8-19(18)28(30(29)32(40)43)21-10-4-3-9-20(21)27/h1-15,27-30H,16H2,(H,39,41)/t27?,28?,29-,30+. The molecule has 2 bridgehead atoms. The lowest BCUT2D eigenvalue weighted by molar-refractivity contribution is -0.137. The molecule has 8 rings (SSSR count). The number of hydrogen-bond acceptors (Lipinski definition) is 5. The van der Waals surface area contributed by atoms with Gasteiger partial charge in [0, 0.05) is 11.8 Å². The molecule has 0 saturated carbocycles. The molecule has 1 N–H and O–H groups in total. The number of rotatable bonds is 5. The van der Waals surface area contributed by atoms with Crippen LogP contribution in [0.15, 0.2) is 91.0 Å². The van der Waals surface area contributed by atoms with Crippen LogP contribution < -0.4 is 10.2 Å². The predicted molar refractivity (Wildman–Crippen MR) is 158 cm³/mol. The van der Waals surface area contributed by atoms with Gasteiger partial charge < -0.3 is 10.1 Å². The molecule has 0 radical (unpaired) electrons. The molecule has 1 aliphatic heterocycles. The maximum absolute atomic E-state index is 14.1. The lowest BCUT2D eigenvalue weighted by Crippen LogP contribution is -2.41. The molecule has 1 fully saturated rings. The summed E-state index contributed by atoms with van der Waals surface area (Å²) in [6.45, 7) is -0.859. The largest absolute Gasteiger partial charge is 0.452 e. The average molecular weight is 631 g/mol. The second kappa shape index (κ2) is 10.6. The molecular formula is C34H22ClF3N2O5. The van der Waals surface area contributed by atoms with Gasteiger partial charge >= 0.3 is 12.1 Å². The van der Waals surface area contributed by atoms with Gasteiger partial charge in [-0.15, -0.1) is 0 Å². The Morgan fingerprint density at radius 1 is 0.778 bits per heavy atom. The summed E-state index contributed by atoms with van der Waals surface area (Å²) in [5.41, 5.74) is 2.60. The monoisotopic (exact) mass is 630 g/mol. The maximum atomic E-state index is 14.1. The number of hydrogen-bond donors (Lipinski definition) is 1. The first-order chi connectivity index (χ1) is 21.6. The Morgan fingerprint density at radius 2 is 1.29 bits per heavy atom. The third-order valence-electron chi connectivity index (χ3n) is 8.72. The number of para-hydroxylation sites is 1. The molecular weight excluding hydrogens is 609 g/mol. The molecule has 3 aliphatic carbocycles. The van der Waals surface area contributed by atoms with Crippen molar-refractivity contribution in [3.8, 4) is 0 Å². The lowest BCUT2D eigenvalue weighted by Gasteiger charge is -2.45. The summed E-state index contributed by atoms with van der Waals surface area (Å²) in [4.78, 5) is 55.1. The van der Waals surface area contributed by atoms with Gasteiger partial charge in [0.25, 0.3) is 5.91 Å². The van der Waals surface area contributed by atoms with Crippen LogP contribution in [-0.4, -0.2) is 30.3 Å². The summed E-state index contributed by atoms with van der Waals surface area (Å²) in [6, 6.07) is 24.0. The highest BCUT2D eigenvalue weighted by atomic mass is 35.5. The van der Waals surface area contributed by atoms with Crippen LogP contribution in [0.1, 0.15) is 50.0 Å². The van der Waals surface area contributed by atoms with E-state index in [0.29, 0.717) is 6.07 Å². The minimum Gasteiger partial charge on any atom is -0.452 e. The van der Waals surface area contributed by atoms with Crippen LogP contribution in [0, 0.1) is 11.8 Å². The summed E-state index contributed by atoms with van der Waals surface area (Å²) in [5, 5.41) is 2.07. The zero-order valence-corrected chi connectivity index (χ0v) is 23.9. The van der Waals surface area contributed by atoms with E-state index < -0.39 is 53.9 Å². The minimum atomic E-state index is -4.66. The van der Waals surface area contributed by atoms with Crippen LogP contribution in [0.25, 0.3) is 0 Å². The number of nitrogens with one attached hydrogen (secondary N) is 1. The zero-order valence-electron chi connectivity index (χ0n) is 23.2. The quantitative estimate of drug-likeness (QED) is 0.199. The van der Waals surface area contributed by atoms with Crippen molar-refractivity contribution in [1.82, 2.24) is 0 Å². The number of nitrogens with zero attached hydrogens (tertiary/aromatic N) is 1. The number of halogens is 4. The Morgan fingerprint density at radius 3 is 1.82 bits per heavy atom. The number of amides is 3. The summed E-state index contributed by atoms with van der Waals surface area (Å²) < 4.78 is 44.5. The van der Waals surface area contributed by atoms with Gasteiger partial charge in [-0.05, 0) is 52.6 Å². The number of anilines is 2. The Bertz CT molecular complexity index is 1810. The Hall–Kier alpha value is -4.96. The lowest BCUT2D eigenvalue weighted by atomic mass is 9.55. The van der Waals surface area contributed by atoms with E-state index in [9.17, 15) is 32.3 Å². The van der Waals surface area contributed by atoms with Crippen LogP contribution in [0.2, 0.25) is 5.02 Å². The van der Waals surface area contributed by atoms with Crippen molar-refractivity contribution in [3.05, 3.63) is 129 Å². The Balaban J connectivity index is 1.14.